The van der Waals surface area contributed by atoms with Gasteiger partial charge in [-0.3, -0.25) is 19.2 Å². The lowest BCUT2D eigenvalue weighted by Gasteiger charge is -2.40. The molecule has 4 aliphatic heterocycles. The summed E-state index contributed by atoms with van der Waals surface area (Å²) in [6, 6.07) is -1.62. The van der Waals surface area contributed by atoms with Gasteiger partial charge in [0.15, 0.2) is 0 Å². The minimum atomic E-state index is -1.38. The van der Waals surface area contributed by atoms with E-state index in [4.69, 9.17) is 9.47 Å². The Morgan fingerprint density at radius 3 is 2.62 bits per heavy atom. The Kier molecular flexibility index (Phi) is 9.72. The number of unbranched alkanes of at least 4 members (excludes halogenated alkanes) is 2. The Morgan fingerprint density at radius 2 is 1.93 bits per heavy atom. The van der Waals surface area contributed by atoms with Crippen LogP contribution >= 0.6 is 0 Å². The number of cyclic esters (lactones) is 1. The zero-order valence-electron chi connectivity index (χ0n) is 24.2. The first kappa shape index (κ1) is 30.2. The average Bonchev–Trinajstić information content (AvgIpc) is 3.32. The first-order valence-corrected chi connectivity index (χ1v) is 14.9. The van der Waals surface area contributed by atoms with Crippen molar-refractivity contribution in [3.63, 3.8) is 0 Å². The molecule has 0 bridgehead atoms. The van der Waals surface area contributed by atoms with Gasteiger partial charge in [0, 0.05) is 19.5 Å². The van der Waals surface area contributed by atoms with Crippen LogP contribution in [-0.4, -0.2) is 94.7 Å². The molecule has 10 nitrogen and oxygen atoms in total. The maximum atomic E-state index is 14.4. The highest BCUT2D eigenvalue weighted by Crippen LogP contribution is 2.54. The normalized spacial score (nSPS) is 35.0. The van der Waals surface area contributed by atoms with E-state index in [9.17, 15) is 24.3 Å². The molecule has 2 saturated heterocycles. The molecule has 0 aliphatic carbocycles. The van der Waals surface area contributed by atoms with Gasteiger partial charge in [-0.05, 0) is 25.7 Å². The van der Waals surface area contributed by atoms with Gasteiger partial charge in [0.1, 0.15) is 23.7 Å². The average molecular weight is 560 g/mol. The monoisotopic (exact) mass is 559 g/mol. The number of likely N-dealkylation sites (tertiary alicyclic amines) is 1. The van der Waals surface area contributed by atoms with Crippen LogP contribution in [0.25, 0.3) is 0 Å². The van der Waals surface area contributed by atoms with E-state index in [0.29, 0.717) is 25.9 Å². The molecule has 40 heavy (non-hydrogen) atoms. The molecule has 222 valence electrons. The van der Waals surface area contributed by atoms with Crippen LogP contribution in [0.4, 0.5) is 0 Å². The standard InChI is InChI=1S/C30H45N3O7/c1-5-7-10-15-32-16-11-14-30-25(27(36)33(26(30)28(32)37)21(18-34)19(3)6-2)24-22(40-30)12-8-9-13-23(35)31-17-20(4)39-29(24)38/h8,11-12,14,19-22,24-26,34H,5-7,9-10,13,15-18H2,1-4H3,(H,31,35)/b12-8-/t19-,20+,21-,22+,24-,25-,26+,30-/m0/s1. The van der Waals surface area contributed by atoms with E-state index < -0.39 is 47.7 Å². The number of hydrogen-bond acceptors (Lipinski definition) is 7. The van der Waals surface area contributed by atoms with E-state index >= 15 is 0 Å². The third kappa shape index (κ3) is 5.57. The maximum Gasteiger partial charge on any atom is 0.313 e. The first-order chi connectivity index (χ1) is 19.2. The van der Waals surface area contributed by atoms with Crippen LogP contribution in [0.15, 0.2) is 24.3 Å². The van der Waals surface area contributed by atoms with Gasteiger partial charge in [0.25, 0.3) is 0 Å². The van der Waals surface area contributed by atoms with Crippen molar-refractivity contribution in [2.45, 2.75) is 96.1 Å². The van der Waals surface area contributed by atoms with Crippen molar-refractivity contribution in [1.29, 1.82) is 0 Å². The number of nitrogens with one attached hydrogen (secondary N) is 1. The van der Waals surface area contributed by atoms with Crippen molar-refractivity contribution in [3.05, 3.63) is 24.3 Å². The van der Waals surface area contributed by atoms with E-state index in [-0.39, 0.29) is 43.2 Å². The molecule has 2 fully saturated rings. The minimum absolute atomic E-state index is 0.0824. The van der Waals surface area contributed by atoms with E-state index in [2.05, 4.69) is 12.2 Å². The zero-order valence-corrected chi connectivity index (χ0v) is 24.2. The second-order valence-corrected chi connectivity index (χ2v) is 11.6. The van der Waals surface area contributed by atoms with E-state index in [0.717, 1.165) is 19.3 Å². The van der Waals surface area contributed by atoms with Gasteiger partial charge in [-0.1, -0.05) is 64.3 Å². The van der Waals surface area contributed by atoms with Crippen LogP contribution in [0.5, 0.6) is 0 Å². The number of hydrogen-bond donors (Lipinski definition) is 2. The van der Waals surface area contributed by atoms with Crippen LogP contribution in [0, 0.1) is 17.8 Å². The highest BCUT2D eigenvalue weighted by atomic mass is 16.6. The second kappa shape index (κ2) is 12.9. The Hall–Kier alpha value is -2.72. The van der Waals surface area contributed by atoms with Crippen LogP contribution in [0.1, 0.15) is 66.2 Å². The quantitative estimate of drug-likeness (QED) is 0.265. The molecule has 2 N–H and O–H groups in total. The highest BCUT2D eigenvalue weighted by molar-refractivity contribution is 5.99. The van der Waals surface area contributed by atoms with Crippen LogP contribution in [-0.2, 0) is 28.7 Å². The van der Waals surface area contributed by atoms with Crippen molar-refractivity contribution in [3.8, 4) is 0 Å². The van der Waals surface area contributed by atoms with E-state index in [1.165, 1.54) is 4.90 Å². The van der Waals surface area contributed by atoms with Gasteiger partial charge in [-0.15, -0.1) is 0 Å². The summed E-state index contributed by atoms with van der Waals surface area (Å²) in [7, 11) is 0. The number of allylic oxidation sites excluding steroid dienone is 1. The highest BCUT2D eigenvalue weighted by Gasteiger charge is 2.72. The number of amides is 3. The lowest BCUT2D eigenvalue weighted by Crippen LogP contribution is -2.59. The molecule has 10 heteroatoms. The Bertz CT molecular complexity index is 1030. The summed E-state index contributed by atoms with van der Waals surface area (Å²) >= 11 is 0. The van der Waals surface area contributed by atoms with Crippen molar-refractivity contribution < 1.29 is 33.8 Å². The third-order valence-corrected chi connectivity index (χ3v) is 8.93. The summed E-state index contributed by atoms with van der Waals surface area (Å²) < 4.78 is 12.4. The summed E-state index contributed by atoms with van der Waals surface area (Å²) in [6.07, 6.45) is 10.0. The smallest absolute Gasteiger partial charge is 0.313 e. The third-order valence-electron chi connectivity index (χ3n) is 8.93. The molecule has 0 saturated carbocycles. The number of aliphatic hydroxyl groups excluding tert-OH is 1. The molecule has 0 aromatic carbocycles. The van der Waals surface area contributed by atoms with Gasteiger partial charge in [0.2, 0.25) is 17.7 Å². The molecule has 4 rings (SSSR count). The van der Waals surface area contributed by atoms with Gasteiger partial charge in [0.05, 0.1) is 31.2 Å². The summed E-state index contributed by atoms with van der Waals surface area (Å²) in [6.45, 7) is 8.53. The predicted molar refractivity (Wildman–Crippen MR) is 148 cm³/mol. The fourth-order valence-electron chi connectivity index (χ4n) is 6.57. The van der Waals surface area contributed by atoms with Crippen molar-refractivity contribution in [2.75, 3.05) is 26.2 Å². The van der Waals surface area contributed by atoms with Gasteiger partial charge >= 0.3 is 5.97 Å². The molecule has 8 atom stereocenters. The van der Waals surface area contributed by atoms with Crippen molar-refractivity contribution in [1.82, 2.24) is 15.1 Å². The first-order valence-electron chi connectivity index (χ1n) is 14.9. The molecule has 1 spiro atoms. The Balaban J connectivity index is 1.80. The van der Waals surface area contributed by atoms with Gasteiger partial charge < -0.3 is 29.7 Å². The number of esters is 1. The molecule has 0 unspecified atom stereocenters. The molecule has 0 aromatic heterocycles. The summed E-state index contributed by atoms with van der Waals surface area (Å²) in [5.74, 6) is -3.38. The number of ether oxygens (including phenoxy) is 2. The lowest BCUT2D eigenvalue weighted by molar-refractivity contribution is -0.160. The van der Waals surface area contributed by atoms with Crippen molar-refractivity contribution >= 4 is 23.7 Å². The number of rotatable bonds is 8. The zero-order chi connectivity index (χ0) is 29.0. The summed E-state index contributed by atoms with van der Waals surface area (Å²) in [4.78, 5) is 57.9. The number of carbonyl (C=O) groups is 4. The van der Waals surface area contributed by atoms with Crippen molar-refractivity contribution in [2.24, 2.45) is 17.8 Å². The van der Waals surface area contributed by atoms with Crippen LogP contribution in [0.3, 0.4) is 0 Å². The molecular formula is C30H45N3O7. The predicted octanol–water partition coefficient (Wildman–Crippen LogP) is 1.96. The number of nitrogens with zero attached hydrogens (tertiary/aromatic N) is 2. The number of fused-ring (bicyclic) bond motifs is 2. The van der Waals surface area contributed by atoms with Gasteiger partial charge in [-0.25, -0.2) is 0 Å². The molecule has 4 heterocycles. The van der Waals surface area contributed by atoms with Crippen LogP contribution in [0.2, 0.25) is 0 Å². The fraction of sp³-hybridized carbons (Fsp3) is 0.733. The van der Waals surface area contributed by atoms with Crippen LogP contribution < -0.4 is 5.32 Å². The van der Waals surface area contributed by atoms with E-state index in [1.54, 1.807) is 24.0 Å². The lowest BCUT2D eigenvalue weighted by atomic mass is 9.78. The van der Waals surface area contributed by atoms with Gasteiger partial charge in [-0.2, -0.15) is 0 Å². The number of aliphatic hydroxyl groups is 1. The molecule has 0 radical (unpaired) electrons. The summed E-state index contributed by atoms with van der Waals surface area (Å²) in [5.41, 5.74) is -1.38. The van der Waals surface area contributed by atoms with E-state index in [1.807, 2.05) is 26.0 Å². The largest absolute Gasteiger partial charge is 0.460 e. The fourth-order valence-corrected chi connectivity index (χ4v) is 6.57. The maximum absolute atomic E-state index is 14.4. The number of carbonyl (C=O) groups excluding carboxylic acids is 4. The Labute approximate surface area is 237 Å². The molecule has 3 amide bonds. The SMILES string of the molecule is CCCCCN1CC=C[C@]23O[C@@H]4/C=C\CCC(=O)NC[C@@H](C)OC(=O)[C@@H]4[C@H]2C(=O)N([C@@H](CO)[C@@H](C)CC)[C@@H]3C1=O. The second-order valence-electron chi connectivity index (χ2n) is 11.6. The molecular weight excluding hydrogens is 514 g/mol. The minimum Gasteiger partial charge on any atom is -0.460 e. The topological polar surface area (TPSA) is 125 Å². The molecule has 0 aromatic rings. The molecule has 4 aliphatic rings. The summed E-state index contributed by atoms with van der Waals surface area (Å²) in [5, 5.41) is 13.3. The Morgan fingerprint density at radius 1 is 1.15 bits per heavy atom.